The molecular weight excluding hydrogens is 558 g/mol. The van der Waals surface area contributed by atoms with Gasteiger partial charge >= 0.3 is 12.1 Å². The summed E-state index contributed by atoms with van der Waals surface area (Å²) in [6.07, 6.45) is 1.17. The number of aromatic nitrogens is 1. The van der Waals surface area contributed by atoms with Crippen LogP contribution in [0.15, 0.2) is 54.6 Å². The van der Waals surface area contributed by atoms with Crippen molar-refractivity contribution in [3.63, 3.8) is 0 Å². The number of carbonyl (C=O) groups is 2. The second-order valence-electron chi connectivity index (χ2n) is 13.2. The van der Waals surface area contributed by atoms with Gasteiger partial charge in [-0.3, -0.25) is 4.79 Å². The van der Waals surface area contributed by atoms with Gasteiger partial charge in [-0.15, -0.1) is 0 Å². The number of carboxylic acids is 1. The van der Waals surface area contributed by atoms with Gasteiger partial charge in [0.05, 0.1) is 23.8 Å². The van der Waals surface area contributed by atoms with Gasteiger partial charge in [0.15, 0.2) is 0 Å². The van der Waals surface area contributed by atoms with Crippen LogP contribution in [-0.4, -0.2) is 65.5 Å². The number of amides is 1. The van der Waals surface area contributed by atoms with E-state index < -0.39 is 17.0 Å². The monoisotopic (exact) mass is 599 g/mol. The Morgan fingerprint density at radius 1 is 1.09 bits per heavy atom. The smallest absolute Gasteiger partial charge is 0.410 e. The Labute approximate surface area is 258 Å². The molecule has 0 spiro atoms. The number of anilines is 1. The molecular formula is C35H41N3O6. The molecule has 9 heteroatoms. The Morgan fingerprint density at radius 2 is 1.89 bits per heavy atom. The largest absolute Gasteiger partial charge is 0.488 e. The van der Waals surface area contributed by atoms with Gasteiger partial charge in [0.1, 0.15) is 23.8 Å². The third-order valence-electron chi connectivity index (χ3n) is 9.10. The van der Waals surface area contributed by atoms with Gasteiger partial charge in [0.2, 0.25) is 0 Å². The number of nitrogens with zero attached hydrogens (tertiary/aromatic N) is 3. The molecule has 3 aromatic rings. The lowest BCUT2D eigenvalue weighted by molar-refractivity contribution is -0.144. The van der Waals surface area contributed by atoms with Crippen molar-refractivity contribution in [2.45, 2.75) is 65.3 Å². The molecule has 9 nitrogen and oxygen atoms in total. The van der Waals surface area contributed by atoms with Crippen LogP contribution in [0.2, 0.25) is 0 Å². The molecule has 2 fully saturated rings. The Balaban J connectivity index is 1.19. The maximum absolute atomic E-state index is 12.6. The molecule has 1 aromatic heterocycles. The summed E-state index contributed by atoms with van der Waals surface area (Å²) in [7, 11) is 1.62. The van der Waals surface area contributed by atoms with Gasteiger partial charge < -0.3 is 29.1 Å². The molecule has 1 amide bonds. The van der Waals surface area contributed by atoms with Gasteiger partial charge in [0.25, 0.3) is 0 Å². The summed E-state index contributed by atoms with van der Waals surface area (Å²) < 4.78 is 17.5. The second kappa shape index (κ2) is 11.4. The van der Waals surface area contributed by atoms with Crippen LogP contribution in [-0.2, 0) is 33.8 Å². The number of benzene rings is 2. The topological polar surface area (TPSA) is 101 Å². The molecule has 44 heavy (non-hydrogen) atoms. The number of hydrogen-bond donors (Lipinski definition) is 1. The van der Waals surface area contributed by atoms with Crippen LogP contribution in [0.4, 0.5) is 10.6 Å². The molecule has 2 aromatic carbocycles. The minimum Gasteiger partial charge on any atom is -0.488 e. The predicted molar refractivity (Wildman–Crippen MR) is 167 cm³/mol. The van der Waals surface area contributed by atoms with Crippen molar-refractivity contribution in [3.8, 4) is 17.0 Å². The predicted octanol–water partition coefficient (Wildman–Crippen LogP) is 5.86. The third-order valence-corrected chi connectivity index (χ3v) is 9.10. The number of aliphatic carboxylic acids is 1. The van der Waals surface area contributed by atoms with Crippen LogP contribution in [0.25, 0.3) is 11.3 Å². The van der Waals surface area contributed by atoms with Gasteiger partial charge in [-0.25, -0.2) is 9.78 Å². The molecule has 6 rings (SSSR count). The highest BCUT2D eigenvalue weighted by atomic mass is 16.6. The fraction of sp³-hybridized carbons (Fsp3) is 0.457. The van der Waals surface area contributed by atoms with Crippen LogP contribution < -0.4 is 9.64 Å². The minimum absolute atomic E-state index is 0.112. The van der Waals surface area contributed by atoms with E-state index >= 15 is 0 Å². The van der Waals surface area contributed by atoms with Crippen molar-refractivity contribution in [2.24, 2.45) is 11.3 Å². The Morgan fingerprint density at radius 3 is 2.64 bits per heavy atom. The molecule has 1 N–H and O–H groups in total. The van der Waals surface area contributed by atoms with E-state index in [1.807, 2.05) is 64.1 Å². The fourth-order valence-corrected chi connectivity index (χ4v) is 6.79. The number of fused-ring (bicyclic) bond motifs is 2. The number of piperidine rings is 1. The van der Waals surface area contributed by atoms with Crippen LogP contribution in [0.5, 0.6) is 5.75 Å². The zero-order valence-electron chi connectivity index (χ0n) is 26.1. The van der Waals surface area contributed by atoms with Gasteiger partial charge in [-0.05, 0) is 86.9 Å². The van der Waals surface area contributed by atoms with Crippen molar-refractivity contribution in [3.05, 3.63) is 76.9 Å². The van der Waals surface area contributed by atoms with Crippen LogP contribution in [0.3, 0.4) is 0 Å². The van der Waals surface area contributed by atoms with Crippen molar-refractivity contribution < 1.29 is 28.9 Å². The Kier molecular flexibility index (Phi) is 7.78. The molecule has 0 radical (unpaired) electrons. The number of ether oxygens (including phenoxy) is 3. The average Bonchev–Trinajstić information content (AvgIpc) is 3.63. The zero-order chi connectivity index (χ0) is 31.2. The van der Waals surface area contributed by atoms with E-state index in [1.165, 1.54) is 5.56 Å². The lowest BCUT2D eigenvalue weighted by Gasteiger charge is -2.31. The third kappa shape index (κ3) is 5.61. The SMILES string of the molecule is COC[C@H]1N(c2cccc(-c3cccc(C)c3OCc3ccc4c(c3)CCN(C(=O)OC(C)(C)C)C4)n2)C[C@@H]2C[C@@]21C(=O)O. The molecule has 1 saturated heterocycles. The molecule has 0 unspecified atom stereocenters. The number of carbonyl (C=O) groups excluding carboxylic acids is 1. The normalized spacial score (nSPS) is 22.3. The summed E-state index contributed by atoms with van der Waals surface area (Å²) >= 11 is 0. The first-order valence-electron chi connectivity index (χ1n) is 15.3. The average molecular weight is 600 g/mol. The summed E-state index contributed by atoms with van der Waals surface area (Å²) in [6.45, 7) is 10.2. The maximum atomic E-state index is 12.6. The van der Waals surface area contributed by atoms with E-state index in [4.69, 9.17) is 19.2 Å². The zero-order valence-corrected chi connectivity index (χ0v) is 26.1. The molecule has 1 saturated carbocycles. The first kappa shape index (κ1) is 29.9. The number of methoxy groups -OCH3 is 1. The van der Waals surface area contributed by atoms with Crippen molar-refractivity contribution in [1.82, 2.24) is 9.88 Å². The van der Waals surface area contributed by atoms with Crippen LogP contribution >= 0.6 is 0 Å². The van der Waals surface area contributed by atoms with E-state index in [0.717, 1.165) is 45.9 Å². The number of rotatable bonds is 8. The summed E-state index contributed by atoms with van der Waals surface area (Å²) in [4.78, 5) is 33.7. The number of pyridine rings is 1. The minimum atomic E-state index is -0.756. The molecule has 232 valence electrons. The summed E-state index contributed by atoms with van der Waals surface area (Å²) in [6, 6.07) is 18.0. The number of aryl methyl sites for hydroxylation is 1. The van der Waals surface area contributed by atoms with Crippen molar-refractivity contribution in [2.75, 3.05) is 31.7 Å². The van der Waals surface area contributed by atoms with Crippen molar-refractivity contribution >= 4 is 17.9 Å². The van der Waals surface area contributed by atoms with E-state index in [-0.39, 0.29) is 18.1 Å². The van der Waals surface area contributed by atoms with Gasteiger partial charge in [0, 0.05) is 32.3 Å². The Bertz CT molecular complexity index is 1580. The summed E-state index contributed by atoms with van der Waals surface area (Å²) in [5.74, 6) is 0.881. The Hall–Kier alpha value is -4.11. The molecule has 2 aliphatic heterocycles. The van der Waals surface area contributed by atoms with Crippen LogP contribution in [0, 0.1) is 18.3 Å². The lowest BCUT2D eigenvalue weighted by atomic mass is 9.97. The molecule has 3 atom stereocenters. The molecule has 0 bridgehead atoms. The maximum Gasteiger partial charge on any atom is 0.410 e. The van der Waals surface area contributed by atoms with E-state index in [0.29, 0.717) is 39.3 Å². The van der Waals surface area contributed by atoms with Gasteiger partial charge in [-0.2, -0.15) is 0 Å². The summed E-state index contributed by atoms with van der Waals surface area (Å²) in [5, 5.41) is 10.0. The number of hydrogen-bond acceptors (Lipinski definition) is 7. The van der Waals surface area contributed by atoms with Crippen molar-refractivity contribution in [1.29, 1.82) is 0 Å². The number of para-hydroxylation sites is 1. The highest BCUT2D eigenvalue weighted by Crippen LogP contribution is 2.62. The highest BCUT2D eigenvalue weighted by Gasteiger charge is 2.71. The summed E-state index contributed by atoms with van der Waals surface area (Å²) in [5.41, 5.74) is 4.79. The van der Waals surface area contributed by atoms with E-state index in [1.54, 1.807) is 12.0 Å². The quantitative estimate of drug-likeness (QED) is 0.344. The highest BCUT2D eigenvalue weighted by molar-refractivity contribution is 5.82. The van der Waals surface area contributed by atoms with Crippen LogP contribution in [0.1, 0.15) is 49.4 Å². The second-order valence-corrected chi connectivity index (χ2v) is 13.2. The molecule has 3 aliphatic rings. The lowest BCUT2D eigenvalue weighted by Crippen LogP contribution is -2.43. The fourth-order valence-electron chi connectivity index (χ4n) is 6.79. The van der Waals surface area contributed by atoms with E-state index in [2.05, 4.69) is 23.1 Å². The number of carboxylic acid groups (broad SMARTS) is 1. The first-order chi connectivity index (χ1) is 21.0. The standard InChI is InChI=1S/C35H41N3O6/c1-22-8-6-9-27(28-10-7-11-30(36-28)38-19-26-17-35(26,32(39)40)29(38)21-42-5)31(22)43-20-23-12-13-25-18-37(15-14-24(25)16-23)33(41)44-34(2,3)4/h6-13,16,26,29H,14-15,17-21H2,1-5H3,(H,39,40)/t26-,29+,35+/m0/s1. The van der Waals surface area contributed by atoms with Gasteiger partial charge in [-0.1, -0.05) is 36.4 Å². The van der Waals surface area contributed by atoms with E-state index in [9.17, 15) is 14.7 Å². The molecule has 1 aliphatic carbocycles. The molecule has 3 heterocycles. The first-order valence-corrected chi connectivity index (χ1v) is 15.3.